The molecular formula is C17H15ClN2O. The molecule has 1 saturated heterocycles. The van der Waals surface area contributed by atoms with E-state index in [9.17, 15) is 4.79 Å². The topological polar surface area (TPSA) is 32.3 Å². The number of amides is 1. The highest BCUT2D eigenvalue weighted by Gasteiger charge is 2.53. The van der Waals surface area contributed by atoms with Crippen LogP contribution in [0.2, 0.25) is 5.02 Å². The van der Waals surface area contributed by atoms with Crippen molar-refractivity contribution in [2.45, 2.75) is 12.6 Å². The summed E-state index contributed by atoms with van der Waals surface area (Å²) in [5.74, 6) is 0.100. The van der Waals surface area contributed by atoms with Crippen LogP contribution in [0.5, 0.6) is 0 Å². The van der Waals surface area contributed by atoms with Crippen molar-refractivity contribution in [1.29, 1.82) is 0 Å². The predicted molar refractivity (Wildman–Crippen MR) is 82.5 cm³/mol. The monoisotopic (exact) mass is 298 g/mol. The van der Waals surface area contributed by atoms with Crippen LogP contribution in [0.1, 0.15) is 27.0 Å². The Kier molecular flexibility index (Phi) is 2.65. The molecule has 3 nitrogen and oxygen atoms in total. The largest absolute Gasteiger partial charge is 0.311 e. The van der Waals surface area contributed by atoms with Crippen LogP contribution in [-0.2, 0) is 5.66 Å². The molecule has 1 N–H and O–H groups in total. The average molecular weight is 299 g/mol. The second-order valence-electron chi connectivity index (χ2n) is 5.60. The van der Waals surface area contributed by atoms with Gasteiger partial charge in [-0.15, -0.1) is 0 Å². The second-order valence-corrected chi connectivity index (χ2v) is 6.01. The molecule has 2 aromatic carbocycles. The Labute approximate surface area is 128 Å². The van der Waals surface area contributed by atoms with E-state index in [0.29, 0.717) is 0 Å². The minimum atomic E-state index is -0.539. The van der Waals surface area contributed by atoms with E-state index < -0.39 is 5.66 Å². The van der Waals surface area contributed by atoms with E-state index in [4.69, 9.17) is 11.6 Å². The van der Waals surface area contributed by atoms with E-state index >= 15 is 0 Å². The SMILES string of the molecule is Cc1cc(C23NCCN2C(=O)c2ccccc23)ccc1Cl. The van der Waals surface area contributed by atoms with Gasteiger partial charge in [-0.25, -0.2) is 0 Å². The minimum Gasteiger partial charge on any atom is -0.311 e. The third-order valence-electron chi connectivity index (χ3n) is 4.49. The van der Waals surface area contributed by atoms with Gasteiger partial charge in [0.15, 0.2) is 0 Å². The molecule has 106 valence electrons. The van der Waals surface area contributed by atoms with E-state index in [2.05, 4.69) is 11.4 Å². The summed E-state index contributed by atoms with van der Waals surface area (Å²) in [6.07, 6.45) is 0. The summed E-state index contributed by atoms with van der Waals surface area (Å²) in [6, 6.07) is 13.8. The predicted octanol–water partition coefficient (Wildman–Crippen LogP) is 2.91. The van der Waals surface area contributed by atoms with Crippen molar-refractivity contribution in [3.05, 3.63) is 69.7 Å². The zero-order valence-corrected chi connectivity index (χ0v) is 12.4. The molecule has 0 spiro atoms. The van der Waals surface area contributed by atoms with Crippen LogP contribution in [-0.4, -0.2) is 23.9 Å². The number of rotatable bonds is 1. The van der Waals surface area contributed by atoms with Crippen LogP contribution in [0, 0.1) is 6.92 Å². The Morgan fingerprint density at radius 3 is 2.86 bits per heavy atom. The molecule has 1 amide bonds. The molecule has 2 aliphatic heterocycles. The molecule has 1 atom stereocenters. The first-order valence-electron chi connectivity index (χ1n) is 7.08. The number of fused-ring (bicyclic) bond motifs is 3. The third-order valence-corrected chi connectivity index (χ3v) is 4.91. The van der Waals surface area contributed by atoms with Gasteiger partial charge >= 0.3 is 0 Å². The van der Waals surface area contributed by atoms with Crippen molar-refractivity contribution < 1.29 is 4.79 Å². The first kappa shape index (κ1) is 12.9. The van der Waals surface area contributed by atoms with E-state index in [1.807, 2.05) is 48.2 Å². The van der Waals surface area contributed by atoms with Crippen molar-refractivity contribution >= 4 is 17.5 Å². The highest BCUT2D eigenvalue weighted by atomic mass is 35.5. The van der Waals surface area contributed by atoms with Crippen LogP contribution < -0.4 is 5.32 Å². The fourth-order valence-corrected chi connectivity index (χ4v) is 3.64. The van der Waals surface area contributed by atoms with E-state index in [0.717, 1.165) is 40.4 Å². The molecule has 1 fully saturated rings. The number of nitrogens with one attached hydrogen (secondary N) is 1. The average Bonchev–Trinajstić information content (AvgIpc) is 3.03. The molecule has 4 heteroatoms. The molecule has 0 bridgehead atoms. The van der Waals surface area contributed by atoms with Gasteiger partial charge in [-0.3, -0.25) is 10.1 Å². The number of hydrogen-bond acceptors (Lipinski definition) is 2. The maximum atomic E-state index is 12.7. The summed E-state index contributed by atoms with van der Waals surface area (Å²) in [7, 11) is 0. The van der Waals surface area contributed by atoms with E-state index in [1.165, 1.54) is 0 Å². The summed E-state index contributed by atoms with van der Waals surface area (Å²) in [6.45, 7) is 3.50. The number of benzene rings is 2. The van der Waals surface area contributed by atoms with Gasteiger partial charge in [0.05, 0.1) is 0 Å². The fraction of sp³-hybridized carbons (Fsp3) is 0.235. The standard InChI is InChI=1S/C17H15ClN2O/c1-11-10-12(6-7-15(11)18)17-14-5-3-2-4-13(14)16(21)20(17)9-8-19-17/h2-7,10,19H,8-9H2,1H3. The van der Waals surface area contributed by atoms with E-state index in [-0.39, 0.29) is 5.91 Å². The highest BCUT2D eigenvalue weighted by Crippen LogP contribution is 2.44. The highest BCUT2D eigenvalue weighted by molar-refractivity contribution is 6.31. The lowest BCUT2D eigenvalue weighted by Crippen LogP contribution is -2.46. The number of hydrogen-bond donors (Lipinski definition) is 1. The molecule has 0 aliphatic carbocycles. The lowest BCUT2D eigenvalue weighted by atomic mass is 9.90. The molecule has 2 aromatic rings. The Balaban J connectivity index is 2.00. The lowest BCUT2D eigenvalue weighted by molar-refractivity contribution is 0.0694. The van der Waals surface area contributed by atoms with Crippen LogP contribution in [0.3, 0.4) is 0 Å². The number of carbonyl (C=O) groups excluding carboxylic acids is 1. The second kappa shape index (κ2) is 4.33. The third kappa shape index (κ3) is 1.56. The lowest BCUT2D eigenvalue weighted by Gasteiger charge is -2.33. The number of nitrogens with zero attached hydrogens (tertiary/aromatic N) is 1. The van der Waals surface area contributed by atoms with Crippen molar-refractivity contribution in [3.8, 4) is 0 Å². The Hall–Kier alpha value is -1.84. The van der Waals surface area contributed by atoms with Crippen molar-refractivity contribution in [3.63, 3.8) is 0 Å². The van der Waals surface area contributed by atoms with Gasteiger partial charge in [-0.2, -0.15) is 0 Å². The normalized spacial score (nSPS) is 23.3. The molecule has 21 heavy (non-hydrogen) atoms. The minimum absolute atomic E-state index is 0.100. The summed E-state index contributed by atoms with van der Waals surface area (Å²) in [4.78, 5) is 14.6. The first-order chi connectivity index (χ1) is 10.1. The Bertz CT molecular complexity index is 758. The zero-order valence-electron chi connectivity index (χ0n) is 11.7. The van der Waals surface area contributed by atoms with Gasteiger partial charge in [0, 0.05) is 29.2 Å². The maximum absolute atomic E-state index is 12.7. The zero-order chi connectivity index (χ0) is 14.6. The smallest absolute Gasteiger partial charge is 0.256 e. The van der Waals surface area contributed by atoms with Gasteiger partial charge in [0.2, 0.25) is 0 Å². The molecule has 0 saturated carbocycles. The van der Waals surface area contributed by atoms with Crippen LogP contribution in [0.15, 0.2) is 42.5 Å². The molecule has 2 aliphatic rings. The summed E-state index contributed by atoms with van der Waals surface area (Å²) >= 11 is 6.16. The summed E-state index contributed by atoms with van der Waals surface area (Å²) < 4.78 is 0. The summed E-state index contributed by atoms with van der Waals surface area (Å²) in [5, 5.41) is 4.29. The molecule has 2 heterocycles. The Morgan fingerprint density at radius 1 is 1.24 bits per heavy atom. The maximum Gasteiger partial charge on any atom is 0.256 e. The van der Waals surface area contributed by atoms with Gasteiger partial charge < -0.3 is 4.90 Å². The molecule has 0 radical (unpaired) electrons. The van der Waals surface area contributed by atoms with Crippen molar-refractivity contribution in [2.24, 2.45) is 0 Å². The van der Waals surface area contributed by atoms with Crippen molar-refractivity contribution in [1.82, 2.24) is 10.2 Å². The van der Waals surface area contributed by atoms with Crippen LogP contribution in [0.25, 0.3) is 0 Å². The van der Waals surface area contributed by atoms with Crippen LogP contribution >= 0.6 is 11.6 Å². The Morgan fingerprint density at radius 2 is 2.05 bits per heavy atom. The molecular weight excluding hydrogens is 284 g/mol. The van der Waals surface area contributed by atoms with Crippen molar-refractivity contribution in [2.75, 3.05) is 13.1 Å². The molecule has 4 rings (SSSR count). The molecule has 1 unspecified atom stereocenters. The molecule has 0 aromatic heterocycles. The quantitative estimate of drug-likeness (QED) is 0.878. The first-order valence-corrected chi connectivity index (χ1v) is 7.45. The number of aryl methyl sites for hydroxylation is 1. The summed E-state index contributed by atoms with van der Waals surface area (Å²) in [5.41, 5.74) is 3.38. The van der Waals surface area contributed by atoms with Gasteiger partial charge in [0.1, 0.15) is 5.66 Å². The fourth-order valence-electron chi connectivity index (χ4n) is 3.52. The van der Waals surface area contributed by atoms with Crippen LogP contribution in [0.4, 0.5) is 0 Å². The van der Waals surface area contributed by atoms with Gasteiger partial charge in [-0.05, 0) is 30.2 Å². The van der Waals surface area contributed by atoms with E-state index in [1.54, 1.807) is 0 Å². The number of carbonyl (C=O) groups is 1. The van der Waals surface area contributed by atoms with Gasteiger partial charge in [-0.1, -0.05) is 41.9 Å². The van der Waals surface area contributed by atoms with Gasteiger partial charge in [0.25, 0.3) is 5.91 Å². The number of halogens is 1.